The number of sulfonamides is 1. The fourth-order valence-corrected chi connectivity index (χ4v) is 4.00. The first-order valence-electron chi connectivity index (χ1n) is 6.73. The van der Waals surface area contributed by atoms with Crippen molar-refractivity contribution in [3.8, 4) is 5.88 Å². The number of hydrogen-bond donors (Lipinski definition) is 0. The molecule has 3 rings (SSSR count). The number of ether oxygens (including phenoxy) is 1. The first-order chi connectivity index (χ1) is 10.1. The molecule has 2 heterocycles. The maximum atomic E-state index is 12.8. The zero-order valence-electron chi connectivity index (χ0n) is 11.7. The lowest BCUT2D eigenvalue weighted by Gasteiger charge is -2.30. The molecule has 21 heavy (non-hydrogen) atoms. The molecule has 0 amide bonds. The van der Waals surface area contributed by atoms with Gasteiger partial charge < -0.3 is 4.74 Å². The van der Waals surface area contributed by atoms with Crippen LogP contribution in [0.15, 0.2) is 47.5 Å². The second-order valence-corrected chi connectivity index (χ2v) is 6.71. The Kier molecular flexibility index (Phi) is 3.55. The molecule has 0 fully saturated rings. The molecule has 2 aromatic rings. The van der Waals surface area contributed by atoms with Gasteiger partial charge in [-0.2, -0.15) is 0 Å². The van der Waals surface area contributed by atoms with Gasteiger partial charge >= 0.3 is 0 Å². The Labute approximate surface area is 124 Å². The summed E-state index contributed by atoms with van der Waals surface area (Å²) in [6.45, 7) is 0.491. The average molecular weight is 304 g/mol. The van der Waals surface area contributed by atoms with Crippen LogP contribution in [-0.4, -0.2) is 27.1 Å². The molecule has 0 radical (unpaired) electrons. The van der Waals surface area contributed by atoms with Gasteiger partial charge in [-0.25, -0.2) is 13.4 Å². The predicted molar refractivity (Wildman–Crippen MR) is 80.1 cm³/mol. The Morgan fingerprint density at radius 1 is 1.19 bits per heavy atom. The first kappa shape index (κ1) is 13.9. The third-order valence-corrected chi connectivity index (χ3v) is 5.37. The van der Waals surface area contributed by atoms with E-state index < -0.39 is 10.0 Å². The largest absolute Gasteiger partial charge is 0.481 e. The Balaban J connectivity index is 2.02. The summed E-state index contributed by atoms with van der Waals surface area (Å²) >= 11 is 0. The molecule has 5 nitrogen and oxygen atoms in total. The van der Waals surface area contributed by atoms with Crippen molar-refractivity contribution in [1.82, 2.24) is 4.98 Å². The number of aryl methyl sites for hydroxylation is 1. The summed E-state index contributed by atoms with van der Waals surface area (Å²) in [6.07, 6.45) is 3.06. The predicted octanol–water partition coefficient (Wildman–Crippen LogP) is 2.23. The van der Waals surface area contributed by atoms with Crippen LogP contribution in [0.25, 0.3) is 0 Å². The molecule has 0 aliphatic carbocycles. The van der Waals surface area contributed by atoms with Gasteiger partial charge in [-0.05, 0) is 30.5 Å². The van der Waals surface area contributed by atoms with Gasteiger partial charge in [0.15, 0.2) is 0 Å². The van der Waals surface area contributed by atoms with Gasteiger partial charge in [-0.1, -0.05) is 18.2 Å². The maximum Gasteiger partial charge on any atom is 0.265 e. The molecule has 0 unspecified atom stereocenters. The van der Waals surface area contributed by atoms with E-state index in [1.807, 2.05) is 24.3 Å². The van der Waals surface area contributed by atoms with Gasteiger partial charge in [-0.15, -0.1) is 0 Å². The Bertz CT molecular complexity index is 742. The van der Waals surface area contributed by atoms with E-state index in [4.69, 9.17) is 4.74 Å². The van der Waals surface area contributed by atoms with Crippen molar-refractivity contribution in [3.63, 3.8) is 0 Å². The van der Waals surface area contributed by atoms with Crippen molar-refractivity contribution in [2.24, 2.45) is 0 Å². The van der Waals surface area contributed by atoms with E-state index in [0.717, 1.165) is 24.1 Å². The fraction of sp³-hybridized carbons (Fsp3) is 0.267. The van der Waals surface area contributed by atoms with Crippen LogP contribution in [0.2, 0.25) is 0 Å². The van der Waals surface area contributed by atoms with Crippen molar-refractivity contribution >= 4 is 15.7 Å². The normalized spacial score (nSPS) is 14.6. The van der Waals surface area contributed by atoms with E-state index in [1.165, 1.54) is 23.7 Å². The van der Waals surface area contributed by atoms with Gasteiger partial charge in [0.1, 0.15) is 4.90 Å². The fourth-order valence-electron chi connectivity index (χ4n) is 2.52. The molecule has 6 heteroatoms. The number of methoxy groups -OCH3 is 1. The number of para-hydroxylation sites is 1. The van der Waals surface area contributed by atoms with Crippen molar-refractivity contribution in [2.75, 3.05) is 18.0 Å². The highest BCUT2D eigenvalue weighted by Crippen LogP contribution is 2.31. The van der Waals surface area contributed by atoms with Crippen molar-refractivity contribution < 1.29 is 13.2 Å². The standard InChI is InChI=1S/C15H16N2O3S/c1-20-15-9-8-13(11-16-15)21(18,19)17-10-4-6-12-5-2-3-7-14(12)17/h2-3,5,7-9,11H,4,6,10H2,1H3. The van der Waals surface area contributed by atoms with Crippen LogP contribution in [0.4, 0.5) is 5.69 Å². The van der Waals surface area contributed by atoms with Gasteiger partial charge in [0.2, 0.25) is 5.88 Å². The highest BCUT2D eigenvalue weighted by Gasteiger charge is 2.29. The van der Waals surface area contributed by atoms with E-state index in [-0.39, 0.29) is 4.90 Å². The van der Waals surface area contributed by atoms with Gasteiger partial charge in [0, 0.05) is 12.6 Å². The number of fused-ring (bicyclic) bond motifs is 1. The van der Waals surface area contributed by atoms with Crippen LogP contribution >= 0.6 is 0 Å². The van der Waals surface area contributed by atoms with Crippen molar-refractivity contribution in [2.45, 2.75) is 17.7 Å². The molecule has 0 saturated heterocycles. The number of benzene rings is 1. The van der Waals surface area contributed by atoms with Gasteiger partial charge in [0.25, 0.3) is 10.0 Å². The van der Waals surface area contributed by atoms with Crippen LogP contribution < -0.4 is 9.04 Å². The summed E-state index contributed by atoms with van der Waals surface area (Å²) in [5.74, 6) is 0.396. The molecular formula is C15H16N2O3S. The minimum Gasteiger partial charge on any atom is -0.481 e. The molecule has 110 valence electrons. The number of nitrogens with zero attached hydrogens (tertiary/aromatic N) is 2. The molecule has 0 atom stereocenters. The first-order valence-corrected chi connectivity index (χ1v) is 8.17. The highest BCUT2D eigenvalue weighted by atomic mass is 32.2. The summed E-state index contributed by atoms with van der Waals surface area (Å²) in [6, 6.07) is 10.7. The number of hydrogen-bond acceptors (Lipinski definition) is 4. The monoisotopic (exact) mass is 304 g/mol. The van der Waals surface area contributed by atoms with Crippen molar-refractivity contribution in [1.29, 1.82) is 0 Å². The van der Waals surface area contributed by atoms with E-state index in [1.54, 1.807) is 6.07 Å². The van der Waals surface area contributed by atoms with Crippen LogP contribution in [0.3, 0.4) is 0 Å². The Hall–Kier alpha value is -2.08. The molecule has 1 aromatic carbocycles. The highest BCUT2D eigenvalue weighted by molar-refractivity contribution is 7.92. The van der Waals surface area contributed by atoms with Gasteiger partial charge in [0.05, 0.1) is 19.0 Å². The SMILES string of the molecule is COc1ccc(S(=O)(=O)N2CCCc3ccccc32)cn1. The molecule has 1 aromatic heterocycles. The number of rotatable bonds is 3. The maximum absolute atomic E-state index is 12.8. The van der Waals surface area contributed by atoms with Crippen LogP contribution in [-0.2, 0) is 16.4 Å². The van der Waals surface area contributed by atoms with Crippen LogP contribution in [0.1, 0.15) is 12.0 Å². The minimum absolute atomic E-state index is 0.181. The number of anilines is 1. The van der Waals surface area contributed by atoms with E-state index in [2.05, 4.69) is 4.98 Å². The number of aromatic nitrogens is 1. The Morgan fingerprint density at radius 3 is 2.71 bits per heavy atom. The summed E-state index contributed by atoms with van der Waals surface area (Å²) < 4.78 is 32.0. The number of pyridine rings is 1. The quantitative estimate of drug-likeness (QED) is 0.872. The lowest BCUT2D eigenvalue weighted by atomic mass is 10.0. The lowest BCUT2D eigenvalue weighted by molar-refractivity contribution is 0.397. The minimum atomic E-state index is -3.59. The van der Waals surface area contributed by atoms with Crippen LogP contribution in [0, 0.1) is 0 Å². The van der Waals surface area contributed by atoms with E-state index in [0.29, 0.717) is 12.4 Å². The summed E-state index contributed by atoms with van der Waals surface area (Å²) in [7, 11) is -2.09. The molecule has 0 bridgehead atoms. The smallest absolute Gasteiger partial charge is 0.265 e. The van der Waals surface area contributed by atoms with E-state index in [9.17, 15) is 8.42 Å². The molecule has 0 spiro atoms. The lowest BCUT2D eigenvalue weighted by Crippen LogP contribution is -2.35. The molecule has 1 aliphatic heterocycles. The van der Waals surface area contributed by atoms with Crippen molar-refractivity contribution in [3.05, 3.63) is 48.2 Å². The van der Waals surface area contributed by atoms with Gasteiger partial charge in [-0.3, -0.25) is 4.31 Å². The zero-order chi connectivity index (χ0) is 14.9. The zero-order valence-corrected chi connectivity index (χ0v) is 12.5. The second kappa shape index (κ2) is 5.37. The third kappa shape index (κ3) is 2.47. The van der Waals surface area contributed by atoms with E-state index >= 15 is 0 Å². The summed E-state index contributed by atoms with van der Waals surface area (Å²) in [5.41, 5.74) is 1.83. The average Bonchev–Trinajstić information content (AvgIpc) is 2.54. The molecule has 1 aliphatic rings. The summed E-state index contributed by atoms with van der Waals surface area (Å²) in [5, 5.41) is 0. The molecule has 0 N–H and O–H groups in total. The van der Waals surface area contributed by atoms with Crippen LogP contribution in [0.5, 0.6) is 5.88 Å². The third-order valence-electron chi connectivity index (χ3n) is 3.57. The molecule has 0 saturated carbocycles. The topological polar surface area (TPSA) is 59.5 Å². The Morgan fingerprint density at radius 2 is 2.00 bits per heavy atom. The second-order valence-electron chi connectivity index (χ2n) is 4.85. The summed E-state index contributed by atoms with van der Waals surface area (Å²) in [4.78, 5) is 4.17. The molecular weight excluding hydrogens is 288 g/mol.